The van der Waals surface area contributed by atoms with Gasteiger partial charge in [0.05, 0.1) is 11.4 Å². The third kappa shape index (κ3) is 3.17. The maximum Gasteiger partial charge on any atom is 0.427 e. The Hall–Kier alpha value is -1.68. The van der Waals surface area contributed by atoms with Crippen LogP contribution in [-0.2, 0) is 4.57 Å². The van der Waals surface area contributed by atoms with Crippen molar-refractivity contribution >= 4 is 13.4 Å². The molecule has 0 spiro atoms. The summed E-state index contributed by atoms with van der Waals surface area (Å²) in [5.74, 6) is 0. The zero-order valence-electron chi connectivity index (χ0n) is 9.74. The molecule has 94 valence electrons. The molecule has 0 aliphatic heterocycles. The number of hydrogen-bond acceptors (Lipinski definition) is 2. The number of nitrogens with zero attached hydrogens (tertiary/aromatic N) is 1. The van der Waals surface area contributed by atoms with Crippen molar-refractivity contribution in [1.29, 1.82) is 0 Å². The van der Waals surface area contributed by atoms with Gasteiger partial charge in [0.15, 0.2) is 0 Å². The van der Waals surface area contributed by atoms with Gasteiger partial charge in [0.1, 0.15) is 0 Å². The summed E-state index contributed by atoms with van der Waals surface area (Å²) in [5.41, 5.74) is 2.60. The zero-order valence-corrected chi connectivity index (χ0v) is 10.6. The van der Waals surface area contributed by atoms with Gasteiger partial charge in [-0.25, -0.2) is 4.57 Å². The van der Waals surface area contributed by atoms with Crippen LogP contribution >= 0.6 is 7.75 Å². The average molecular weight is 264 g/mol. The first-order valence-electron chi connectivity index (χ1n) is 5.31. The van der Waals surface area contributed by atoms with Crippen molar-refractivity contribution in [2.24, 2.45) is 0 Å². The van der Waals surface area contributed by atoms with E-state index in [0.29, 0.717) is 16.9 Å². The van der Waals surface area contributed by atoms with E-state index in [1.807, 2.05) is 19.1 Å². The summed E-state index contributed by atoms with van der Waals surface area (Å²) in [4.78, 5) is 22.2. The van der Waals surface area contributed by atoms with Crippen molar-refractivity contribution in [3.05, 3.63) is 48.2 Å². The molecular formula is C12H13N2O3P. The van der Waals surface area contributed by atoms with E-state index in [9.17, 15) is 4.57 Å². The molecule has 1 heterocycles. The lowest BCUT2D eigenvalue weighted by atomic mass is 10.1. The fourth-order valence-electron chi connectivity index (χ4n) is 1.65. The summed E-state index contributed by atoms with van der Waals surface area (Å²) in [6.45, 7) is 1.85. The molecule has 0 radical (unpaired) electrons. The number of aryl methyl sites for hydroxylation is 1. The van der Waals surface area contributed by atoms with Crippen LogP contribution in [0.1, 0.15) is 5.56 Å². The molecule has 0 saturated carbocycles. The van der Waals surface area contributed by atoms with Crippen LogP contribution in [0.25, 0.3) is 11.3 Å². The summed E-state index contributed by atoms with van der Waals surface area (Å²) in [7, 11) is -4.33. The van der Waals surface area contributed by atoms with Gasteiger partial charge in [0.25, 0.3) is 0 Å². The molecule has 1 aromatic carbocycles. The van der Waals surface area contributed by atoms with Crippen LogP contribution < -0.4 is 5.09 Å². The van der Waals surface area contributed by atoms with E-state index in [0.717, 1.165) is 5.56 Å². The molecule has 3 N–H and O–H groups in total. The second-order valence-corrected chi connectivity index (χ2v) is 5.23. The van der Waals surface area contributed by atoms with Gasteiger partial charge in [-0.1, -0.05) is 18.2 Å². The molecule has 0 saturated heterocycles. The molecule has 0 aliphatic rings. The van der Waals surface area contributed by atoms with Crippen molar-refractivity contribution in [3.63, 3.8) is 0 Å². The van der Waals surface area contributed by atoms with Crippen LogP contribution in [-0.4, -0.2) is 14.8 Å². The third-order valence-electron chi connectivity index (χ3n) is 2.38. The Bertz CT molecular complexity index is 596. The van der Waals surface area contributed by atoms with E-state index in [1.165, 1.54) is 0 Å². The van der Waals surface area contributed by atoms with Gasteiger partial charge in [-0.3, -0.25) is 10.1 Å². The molecule has 0 unspecified atom stereocenters. The lowest BCUT2D eigenvalue weighted by Crippen LogP contribution is -1.98. The first-order chi connectivity index (χ1) is 8.46. The molecular weight excluding hydrogens is 251 g/mol. The lowest BCUT2D eigenvalue weighted by molar-refractivity contribution is 0.380. The van der Waals surface area contributed by atoms with Gasteiger partial charge in [-0.05, 0) is 30.7 Å². The molecule has 0 bridgehead atoms. The van der Waals surface area contributed by atoms with Crippen molar-refractivity contribution in [3.8, 4) is 11.3 Å². The average Bonchev–Trinajstić information content (AvgIpc) is 2.28. The Kier molecular flexibility index (Phi) is 3.48. The normalized spacial score (nSPS) is 11.3. The van der Waals surface area contributed by atoms with Crippen LogP contribution in [0.15, 0.2) is 42.6 Å². The van der Waals surface area contributed by atoms with Crippen molar-refractivity contribution < 1.29 is 14.4 Å². The third-order valence-corrected chi connectivity index (χ3v) is 2.91. The van der Waals surface area contributed by atoms with E-state index in [1.54, 1.807) is 30.5 Å². The maximum absolute atomic E-state index is 11.1. The first kappa shape index (κ1) is 12.8. The fraction of sp³-hybridized carbons (Fsp3) is 0.0833. The number of nitrogens with one attached hydrogen (secondary N) is 1. The van der Waals surface area contributed by atoms with Crippen LogP contribution in [0.3, 0.4) is 0 Å². The number of aromatic nitrogens is 1. The van der Waals surface area contributed by atoms with Crippen LogP contribution in [0.4, 0.5) is 5.69 Å². The highest BCUT2D eigenvalue weighted by Crippen LogP contribution is 2.39. The first-order valence-corrected chi connectivity index (χ1v) is 6.93. The van der Waals surface area contributed by atoms with E-state index >= 15 is 0 Å². The molecule has 0 fully saturated rings. The quantitative estimate of drug-likeness (QED) is 0.742. The minimum atomic E-state index is -4.33. The van der Waals surface area contributed by atoms with Crippen molar-refractivity contribution in [2.45, 2.75) is 6.92 Å². The van der Waals surface area contributed by atoms with E-state index < -0.39 is 7.75 Å². The minimum absolute atomic E-state index is 0.377. The van der Waals surface area contributed by atoms with E-state index in [4.69, 9.17) is 9.79 Å². The van der Waals surface area contributed by atoms with Gasteiger partial charge in [-0.15, -0.1) is 0 Å². The Balaban J connectivity index is 2.51. The summed E-state index contributed by atoms with van der Waals surface area (Å²) in [5, 5.41) is 2.22. The standard InChI is InChI=1S/C12H13N2O3P/c1-9-5-6-10(11-4-2-3-7-13-11)12(8-9)14-18(15,16)17/h2-8H,1H3,(H3,14,15,16,17). The Morgan fingerprint density at radius 3 is 2.61 bits per heavy atom. The highest BCUT2D eigenvalue weighted by molar-refractivity contribution is 7.53. The number of pyridine rings is 1. The van der Waals surface area contributed by atoms with Crippen LogP contribution in [0.5, 0.6) is 0 Å². The largest absolute Gasteiger partial charge is 0.427 e. The minimum Gasteiger partial charge on any atom is -0.308 e. The van der Waals surface area contributed by atoms with Crippen molar-refractivity contribution in [1.82, 2.24) is 4.98 Å². The van der Waals surface area contributed by atoms with Crippen LogP contribution in [0, 0.1) is 6.92 Å². The smallest absolute Gasteiger partial charge is 0.308 e. The molecule has 6 heteroatoms. The van der Waals surface area contributed by atoms with Gasteiger partial charge in [-0.2, -0.15) is 0 Å². The number of rotatable bonds is 3. The fourth-order valence-corrected chi connectivity index (χ4v) is 2.15. The summed E-state index contributed by atoms with van der Waals surface area (Å²) in [6, 6.07) is 10.7. The van der Waals surface area contributed by atoms with Gasteiger partial charge in [0, 0.05) is 11.8 Å². The van der Waals surface area contributed by atoms with Gasteiger partial charge >= 0.3 is 7.75 Å². The summed E-state index contributed by atoms with van der Waals surface area (Å²) < 4.78 is 11.1. The molecule has 0 aliphatic carbocycles. The highest BCUT2D eigenvalue weighted by Gasteiger charge is 2.16. The SMILES string of the molecule is Cc1ccc(-c2ccccn2)c(NP(=O)(O)O)c1. The van der Waals surface area contributed by atoms with Gasteiger partial charge < -0.3 is 9.79 Å². The van der Waals surface area contributed by atoms with E-state index in [2.05, 4.69) is 10.1 Å². The second kappa shape index (κ2) is 4.90. The molecule has 18 heavy (non-hydrogen) atoms. The van der Waals surface area contributed by atoms with E-state index in [-0.39, 0.29) is 0 Å². The molecule has 5 nitrogen and oxygen atoms in total. The molecule has 1 aromatic heterocycles. The second-order valence-electron chi connectivity index (χ2n) is 3.92. The Morgan fingerprint density at radius 1 is 1.22 bits per heavy atom. The zero-order chi connectivity index (χ0) is 13.2. The molecule has 0 amide bonds. The van der Waals surface area contributed by atoms with Crippen molar-refractivity contribution in [2.75, 3.05) is 5.09 Å². The topological polar surface area (TPSA) is 82.5 Å². The number of hydrogen-bond donors (Lipinski definition) is 3. The molecule has 2 aromatic rings. The lowest BCUT2D eigenvalue weighted by Gasteiger charge is -2.13. The maximum atomic E-state index is 11.1. The van der Waals surface area contributed by atoms with Crippen LogP contribution in [0.2, 0.25) is 0 Å². The Morgan fingerprint density at radius 2 is 2.00 bits per heavy atom. The van der Waals surface area contributed by atoms with Gasteiger partial charge in [0.2, 0.25) is 0 Å². The Labute approximate surface area is 105 Å². The highest BCUT2D eigenvalue weighted by atomic mass is 31.2. The predicted octanol–water partition coefficient (Wildman–Crippen LogP) is 2.56. The number of benzene rings is 1. The monoisotopic (exact) mass is 264 g/mol. The molecule has 2 rings (SSSR count). The predicted molar refractivity (Wildman–Crippen MR) is 70.1 cm³/mol. The number of anilines is 1. The summed E-state index contributed by atoms with van der Waals surface area (Å²) >= 11 is 0. The summed E-state index contributed by atoms with van der Waals surface area (Å²) in [6.07, 6.45) is 1.64. The molecule has 0 atom stereocenters.